The standard InChI is InChI=1S/C9H16O.C3H8.C2H7N.C2H6/c1-4-9(5-2)7-6-8(3)10-9;2*1-3-2;1-2/h6H,4-5,7H2,1-3H3;3H2,1-2H3;3H,1-2H3;1-2H3. The zero-order chi connectivity index (χ0) is 15.0. The van der Waals surface area contributed by atoms with Gasteiger partial charge in [-0.05, 0) is 39.9 Å². The fourth-order valence-electron chi connectivity index (χ4n) is 1.44. The summed E-state index contributed by atoms with van der Waals surface area (Å²) in [5, 5.41) is 2.75. The molecule has 2 heteroatoms. The van der Waals surface area contributed by atoms with E-state index in [0.29, 0.717) is 0 Å². The zero-order valence-corrected chi connectivity index (χ0v) is 14.3. The van der Waals surface area contributed by atoms with Crippen molar-refractivity contribution in [1.82, 2.24) is 5.32 Å². The molecule has 1 aliphatic heterocycles. The van der Waals surface area contributed by atoms with Gasteiger partial charge >= 0.3 is 0 Å². The second kappa shape index (κ2) is 16.5. The molecule has 0 radical (unpaired) electrons. The van der Waals surface area contributed by atoms with E-state index >= 15 is 0 Å². The average Bonchev–Trinajstić information content (AvgIpc) is 2.76. The third kappa shape index (κ3) is 12.0. The largest absolute Gasteiger partial charge is 0.492 e. The van der Waals surface area contributed by atoms with Crippen LogP contribution in [-0.2, 0) is 4.74 Å². The predicted molar refractivity (Wildman–Crippen MR) is 85.1 cm³/mol. The van der Waals surface area contributed by atoms with Crippen LogP contribution in [0.1, 0.15) is 74.1 Å². The van der Waals surface area contributed by atoms with Gasteiger partial charge in [0.05, 0.1) is 5.76 Å². The molecule has 1 aliphatic rings. The van der Waals surface area contributed by atoms with Crippen LogP contribution in [0.15, 0.2) is 11.8 Å². The highest BCUT2D eigenvalue weighted by Crippen LogP contribution is 2.33. The Labute approximate surface area is 116 Å². The normalized spacial score (nSPS) is 14.6. The Morgan fingerprint density at radius 1 is 1.11 bits per heavy atom. The molecule has 1 heterocycles. The molecular formula is C16H37NO. The third-order valence-electron chi connectivity index (χ3n) is 2.43. The number of nitrogens with one attached hydrogen (secondary N) is 1. The van der Waals surface area contributed by atoms with Crippen molar-refractivity contribution in [3.05, 3.63) is 11.8 Å². The van der Waals surface area contributed by atoms with Gasteiger partial charge in [-0.15, -0.1) is 0 Å². The summed E-state index contributed by atoms with van der Waals surface area (Å²) < 4.78 is 5.71. The Hall–Kier alpha value is -0.500. The summed E-state index contributed by atoms with van der Waals surface area (Å²) in [7, 11) is 3.75. The summed E-state index contributed by atoms with van der Waals surface area (Å²) in [4.78, 5) is 0. The van der Waals surface area contributed by atoms with E-state index in [4.69, 9.17) is 4.74 Å². The van der Waals surface area contributed by atoms with Crippen LogP contribution < -0.4 is 5.32 Å². The first-order valence-electron chi connectivity index (χ1n) is 7.49. The van der Waals surface area contributed by atoms with Crippen LogP contribution in [0.2, 0.25) is 0 Å². The van der Waals surface area contributed by atoms with Gasteiger partial charge in [-0.25, -0.2) is 0 Å². The lowest BCUT2D eigenvalue weighted by atomic mass is 9.95. The quantitative estimate of drug-likeness (QED) is 0.740. The van der Waals surface area contributed by atoms with E-state index in [2.05, 4.69) is 39.1 Å². The van der Waals surface area contributed by atoms with E-state index in [1.807, 2.05) is 34.9 Å². The van der Waals surface area contributed by atoms with Gasteiger partial charge in [0.1, 0.15) is 5.60 Å². The summed E-state index contributed by atoms with van der Waals surface area (Å²) in [6.07, 6.45) is 6.79. The van der Waals surface area contributed by atoms with Gasteiger partial charge in [0.25, 0.3) is 0 Å². The van der Waals surface area contributed by atoms with Gasteiger partial charge in [-0.1, -0.05) is 48.0 Å². The molecule has 0 aromatic rings. The molecule has 0 saturated heterocycles. The van der Waals surface area contributed by atoms with Crippen molar-refractivity contribution in [3.8, 4) is 0 Å². The van der Waals surface area contributed by atoms with Crippen molar-refractivity contribution in [1.29, 1.82) is 0 Å². The molecule has 0 spiro atoms. The Balaban J connectivity index is -0.000000237. The molecule has 0 aromatic carbocycles. The third-order valence-corrected chi connectivity index (χ3v) is 2.43. The highest BCUT2D eigenvalue weighted by atomic mass is 16.5. The van der Waals surface area contributed by atoms with E-state index in [0.717, 1.165) is 25.0 Å². The maximum Gasteiger partial charge on any atom is 0.112 e. The van der Waals surface area contributed by atoms with Crippen LogP contribution in [0.5, 0.6) is 0 Å². The van der Waals surface area contributed by atoms with Crippen LogP contribution >= 0.6 is 0 Å². The lowest BCUT2D eigenvalue weighted by Crippen LogP contribution is -2.25. The molecule has 112 valence electrons. The first-order chi connectivity index (χ1) is 8.55. The predicted octanol–water partition coefficient (Wildman–Crippen LogP) is 5.15. The maximum absolute atomic E-state index is 5.71. The van der Waals surface area contributed by atoms with Crippen LogP contribution in [0.25, 0.3) is 0 Å². The zero-order valence-electron chi connectivity index (χ0n) is 14.3. The first-order valence-corrected chi connectivity index (χ1v) is 7.49. The molecular weight excluding hydrogens is 222 g/mol. The highest BCUT2D eigenvalue weighted by Gasteiger charge is 2.30. The van der Waals surface area contributed by atoms with Gasteiger partial charge < -0.3 is 10.1 Å². The Morgan fingerprint density at radius 3 is 1.56 bits per heavy atom. The topological polar surface area (TPSA) is 21.3 Å². The minimum atomic E-state index is 0.157. The van der Waals surface area contributed by atoms with Gasteiger partial charge in [-0.3, -0.25) is 0 Å². The molecule has 0 atom stereocenters. The molecule has 18 heavy (non-hydrogen) atoms. The van der Waals surface area contributed by atoms with Crippen LogP contribution in [0.4, 0.5) is 0 Å². The van der Waals surface area contributed by atoms with Crippen LogP contribution in [-0.4, -0.2) is 19.7 Å². The average molecular weight is 259 g/mol. The summed E-state index contributed by atoms with van der Waals surface area (Å²) in [6, 6.07) is 0. The minimum absolute atomic E-state index is 0.157. The van der Waals surface area contributed by atoms with Crippen molar-refractivity contribution in [2.45, 2.75) is 79.8 Å². The van der Waals surface area contributed by atoms with E-state index in [-0.39, 0.29) is 5.60 Å². The molecule has 0 bridgehead atoms. The number of hydrogen-bond acceptors (Lipinski definition) is 2. The molecule has 0 fully saturated rings. The lowest BCUT2D eigenvalue weighted by molar-refractivity contribution is 0.0198. The van der Waals surface area contributed by atoms with E-state index in [1.165, 1.54) is 6.42 Å². The molecule has 1 N–H and O–H groups in total. The highest BCUT2D eigenvalue weighted by molar-refractivity contribution is 5.04. The van der Waals surface area contributed by atoms with Crippen molar-refractivity contribution in [2.24, 2.45) is 0 Å². The second-order valence-electron chi connectivity index (χ2n) is 4.22. The molecule has 0 saturated carbocycles. The van der Waals surface area contributed by atoms with E-state index in [9.17, 15) is 0 Å². The minimum Gasteiger partial charge on any atom is -0.492 e. The Morgan fingerprint density at radius 2 is 1.44 bits per heavy atom. The second-order valence-corrected chi connectivity index (χ2v) is 4.22. The van der Waals surface area contributed by atoms with Gasteiger partial charge in [0.15, 0.2) is 0 Å². The summed E-state index contributed by atoms with van der Waals surface area (Å²) in [6.45, 7) is 14.7. The summed E-state index contributed by atoms with van der Waals surface area (Å²) in [5.41, 5.74) is 0.157. The maximum atomic E-state index is 5.71. The van der Waals surface area contributed by atoms with Crippen molar-refractivity contribution in [2.75, 3.05) is 14.1 Å². The fourth-order valence-corrected chi connectivity index (χ4v) is 1.44. The molecule has 2 nitrogen and oxygen atoms in total. The SMILES string of the molecule is CC.CCC.CCC1(CC)CC=C(C)O1.CNC. The molecule has 0 amide bonds. The van der Waals surface area contributed by atoms with Crippen LogP contribution in [0.3, 0.4) is 0 Å². The van der Waals surface area contributed by atoms with Crippen LogP contribution in [0, 0.1) is 0 Å². The molecule has 0 aliphatic carbocycles. The fraction of sp³-hybridized carbons (Fsp3) is 0.875. The molecule has 0 unspecified atom stereocenters. The van der Waals surface area contributed by atoms with Crippen molar-refractivity contribution >= 4 is 0 Å². The lowest BCUT2D eigenvalue weighted by Gasteiger charge is -2.26. The monoisotopic (exact) mass is 259 g/mol. The Kier molecular flexibility index (Phi) is 20.8. The Bertz CT molecular complexity index is 170. The van der Waals surface area contributed by atoms with Gasteiger partial charge in [-0.2, -0.15) is 0 Å². The summed E-state index contributed by atoms with van der Waals surface area (Å²) in [5.74, 6) is 1.10. The van der Waals surface area contributed by atoms with Gasteiger partial charge in [0.2, 0.25) is 0 Å². The smallest absolute Gasteiger partial charge is 0.112 e. The molecule has 1 rings (SSSR count). The van der Waals surface area contributed by atoms with Crippen molar-refractivity contribution in [3.63, 3.8) is 0 Å². The summed E-state index contributed by atoms with van der Waals surface area (Å²) >= 11 is 0. The van der Waals surface area contributed by atoms with E-state index < -0.39 is 0 Å². The van der Waals surface area contributed by atoms with Crippen molar-refractivity contribution < 1.29 is 4.74 Å². The molecule has 0 aromatic heterocycles. The van der Waals surface area contributed by atoms with Gasteiger partial charge in [0, 0.05) is 6.42 Å². The number of rotatable bonds is 2. The number of allylic oxidation sites excluding steroid dienone is 1. The number of ether oxygens (including phenoxy) is 1. The first kappa shape index (κ1) is 22.7. The number of hydrogen-bond donors (Lipinski definition) is 1. The van der Waals surface area contributed by atoms with E-state index in [1.54, 1.807) is 0 Å².